The Kier molecular flexibility index (Phi) is 6.26. The van der Waals surface area contributed by atoms with E-state index in [0.717, 1.165) is 32.4 Å². The van der Waals surface area contributed by atoms with Gasteiger partial charge in [0.25, 0.3) is 0 Å². The first-order valence-electron chi connectivity index (χ1n) is 9.79. The fraction of sp³-hybridized carbons (Fsp3) is 0.458. The van der Waals surface area contributed by atoms with E-state index < -0.39 is 0 Å². The number of benzene rings is 2. The molecule has 2 aromatic carbocycles. The molecule has 0 bridgehead atoms. The minimum Gasteiger partial charge on any atom is -0.376 e. The van der Waals surface area contributed by atoms with Crippen molar-refractivity contribution in [1.82, 2.24) is 0 Å². The Morgan fingerprint density at radius 3 is 2.54 bits per heavy atom. The summed E-state index contributed by atoms with van der Waals surface area (Å²) in [5.74, 6) is 1.21. The fourth-order valence-electron chi connectivity index (χ4n) is 4.03. The highest BCUT2D eigenvalue weighted by molar-refractivity contribution is 5.79. The van der Waals surface area contributed by atoms with Gasteiger partial charge in [0, 0.05) is 19.4 Å². The molecule has 2 heteroatoms. The number of hydrogen-bond donors (Lipinski definition) is 0. The number of nitrogens with zero attached hydrogens (tertiary/aromatic N) is 1. The predicted molar refractivity (Wildman–Crippen MR) is 110 cm³/mol. The predicted octanol–water partition coefficient (Wildman–Crippen LogP) is 5.79. The third-order valence-electron chi connectivity index (χ3n) is 5.42. The summed E-state index contributed by atoms with van der Waals surface area (Å²) in [7, 11) is 0. The molecule has 1 aliphatic heterocycles. The quantitative estimate of drug-likeness (QED) is 0.605. The van der Waals surface area contributed by atoms with Crippen LogP contribution in [0.4, 0.5) is 0 Å². The number of aliphatic imine (C=N–C) groups is 1. The van der Waals surface area contributed by atoms with E-state index in [1.807, 2.05) is 12.3 Å². The molecule has 1 saturated heterocycles. The molecular formula is C24H31NO. The highest BCUT2D eigenvalue weighted by Gasteiger charge is 2.33. The first kappa shape index (κ1) is 18.8. The second-order valence-corrected chi connectivity index (χ2v) is 8.11. The van der Waals surface area contributed by atoms with Gasteiger partial charge in [0.15, 0.2) is 0 Å². The van der Waals surface area contributed by atoms with Gasteiger partial charge in [-0.2, -0.15) is 0 Å². The van der Waals surface area contributed by atoms with Crippen LogP contribution in [0.2, 0.25) is 0 Å². The molecule has 0 unspecified atom stereocenters. The lowest BCUT2D eigenvalue weighted by molar-refractivity contribution is -0.0771. The average Bonchev–Trinajstić information content (AvgIpc) is 2.63. The van der Waals surface area contributed by atoms with Crippen LogP contribution in [0.3, 0.4) is 0 Å². The van der Waals surface area contributed by atoms with Crippen LogP contribution < -0.4 is 0 Å². The Bertz CT molecular complexity index is 703. The fourth-order valence-corrected chi connectivity index (χ4v) is 4.03. The number of hydrogen-bond acceptors (Lipinski definition) is 2. The minimum atomic E-state index is -0.0147. The molecule has 1 fully saturated rings. The second-order valence-electron chi connectivity index (χ2n) is 8.11. The van der Waals surface area contributed by atoms with Crippen molar-refractivity contribution in [3.63, 3.8) is 0 Å². The van der Waals surface area contributed by atoms with Crippen molar-refractivity contribution in [2.45, 2.75) is 51.6 Å². The molecule has 0 spiro atoms. The molecule has 0 radical (unpaired) electrons. The summed E-state index contributed by atoms with van der Waals surface area (Å²) in [5.41, 5.74) is 3.93. The molecule has 0 saturated carbocycles. The summed E-state index contributed by atoms with van der Waals surface area (Å²) < 4.78 is 5.95. The molecule has 2 atom stereocenters. The number of ether oxygens (including phenoxy) is 1. The summed E-state index contributed by atoms with van der Waals surface area (Å²) in [6.07, 6.45) is 5.35. The molecular weight excluding hydrogens is 318 g/mol. The van der Waals surface area contributed by atoms with Crippen LogP contribution >= 0.6 is 0 Å². The van der Waals surface area contributed by atoms with E-state index in [9.17, 15) is 0 Å². The van der Waals surface area contributed by atoms with Crippen molar-refractivity contribution >= 4 is 6.21 Å². The molecule has 0 aromatic heterocycles. The summed E-state index contributed by atoms with van der Waals surface area (Å²) in [6, 6.07) is 19.4. The third-order valence-corrected chi connectivity index (χ3v) is 5.42. The molecule has 26 heavy (non-hydrogen) atoms. The topological polar surface area (TPSA) is 21.6 Å². The maximum atomic E-state index is 5.95. The van der Waals surface area contributed by atoms with Gasteiger partial charge in [0.2, 0.25) is 0 Å². The van der Waals surface area contributed by atoms with Crippen molar-refractivity contribution in [3.8, 4) is 0 Å². The Morgan fingerprint density at radius 2 is 1.85 bits per heavy atom. The number of aryl methyl sites for hydroxylation is 1. The smallest absolute Gasteiger partial charge is 0.0629 e. The monoisotopic (exact) mass is 349 g/mol. The Balaban J connectivity index is 1.70. The molecule has 2 aromatic rings. The van der Waals surface area contributed by atoms with Crippen molar-refractivity contribution in [2.75, 3.05) is 13.2 Å². The Hall–Kier alpha value is -1.93. The second kappa shape index (κ2) is 8.64. The van der Waals surface area contributed by atoms with Gasteiger partial charge in [-0.05, 0) is 63.0 Å². The van der Waals surface area contributed by atoms with Crippen LogP contribution in [0.1, 0.15) is 55.7 Å². The largest absolute Gasteiger partial charge is 0.376 e. The first-order chi connectivity index (χ1) is 12.5. The van der Waals surface area contributed by atoms with E-state index in [1.54, 1.807) is 0 Å². The lowest BCUT2D eigenvalue weighted by Gasteiger charge is -2.39. The van der Waals surface area contributed by atoms with Crippen molar-refractivity contribution in [1.29, 1.82) is 0 Å². The zero-order valence-corrected chi connectivity index (χ0v) is 16.3. The zero-order valence-electron chi connectivity index (χ0n) is 16.3. The molecule has 0 N–H and O–H groups in total. The standard InChI is InChI=1S/C24H31NO/c1-19-9-11-21(12-10-19)23(22-14-16-26-24(2,3)17-22)13-15-25-18-20-7-5-4-6-8-20/h4-12,18,22-23H,13-17H2,1-3H3/t22-,23-/m0/s1. The van der Waals surface area contributed by atoms with Crippen LogP contribution in [0.5, 0.6) is 0 Å². The normalized spacial score (nSPS) is 21.0. The van der Waals surface area contributed by atoms with Crippen molar-refractivity contribution in [2.24, 2.45) is 10.9 Å². The van der Waals surface area contributed by atoms with Gasteiger partial charge >= 0.3 is 0 Å². The van der Waals surface area contributed by atoms with E-state index >= 15 is 0 Å². The van der Waals surface area contributed by atoms with E-state index in [4.69, 9.17) is 9.73 Å². The molecule has 0 amide bonds. The molecule has 1 aliphatic rings. The van der Waals surface area contributed by atoms with E-state index in [0.29, 0.717) is 11.8 Å². The summed E-state index contributed by atoms with van der Waals surface area (Å²) in [4.78, 5) is 4.70. The van der Waals surface area contributed by atoms with Crippen LogP contribution in [-0.2, 0) is 4.74 Å². The maximum Gasteiger partial charge on any atom is 0.0629 e. The van der Waals surface area contributed by atoms with Gasteiger partial charge in [-0.15, -0.1) is 0 Å². The van der Waals surface area contributed by atoms with Gasteiger partial charge in [-0.3, -0.25) is 4.99 Å². The van der Waals surface area contributed by atoms with Crippen LogP contribution in [0.15, 0.2) is 59.6 Å². The lowest BCUT2D eigenvalue weighted by atomic mass is 9.75. The van der Waals surface area contributed by atoms with Crippen LogP contribution in [0, 0.1) is 12.8 Å². The van der Waals surface area contributed by atoms with E-state index in [-0.39, 0.29) is 5.60 Å². The molecule has 138 valence electrons. The van der Waals surface area contributed by atoms with Gasteiger partial charge in [0.1, 0.15) is 0 Å². The maximum absolute atomic E-state index is 5.95. The Labute approximate surface area is 158 Å². The molecule has 3 rings (SSSR count). The van der Waals surface area contributed by atoms with Gasteiger partial charge in [0.05, 0.1) is 5.60 Å². The summed E-state index contributed by atoms with van der Waals surface area (Å²) in [5, 5.41) is 0. The summed E-state index contributed by atoms with van der Waals surface area (Å²) in [6.45, 7) is 8.33. The van der Waals surface area contributed by atoms with Gasteiger partial charge in [-0.25, -0.2) is 0 Å². The molecule has 2 nitrogen and oxygen atoms in total. The highest BCUT2D eigenvalue weighted by atomic mass is 16.5. The minimum absolute atomic E-state index is 0.0147. The van der Waals surface area contributed by atoms with Crippen molar-refractivity contribution < 1.29 is 4.74 Å². The lowest BCUT2D eigenvalue weighted by Crippen LogP contribution is -2.36. The zero-order chi connectivity index (χ0) is 18.4. The van der Waals surface area contributed by atoms with Crippen LogP contribution in [0.25, 0.3) is 0 Å². The summed E-state index contributed by atoms with van der Waals surface area (Å²) >= 11 is 0. The molecule has 1 heterocycles. The van der Waals surface area contributed by atoms with E-state index in [2.05, 4.69) is 69.3 Å². The average molecular weight is 350 g/mol. The molecule has 0 aliphatic carbocycles. The van der Waals surface area contributed by atoms with Gasteiger partial charge in [-0.1, -0.05) is 60.2 Å². The SMILES string of the molecule is Cc1ccc([C@H](CCN=Cc2ccccc2)[C@H]2CCOC(C)(C)C2)cc1. The van der Waals surface area contributed by atoms with E-state index in [1.165, 1.54) is 16.7 Å². The van der Waals surface area contributed by atoms with Crippen molar-refractivity contribution in [3.05, 3.63) is 71.3 Å². The van der Waals surface area contributed by atoms with Crippen LogP contribution in [-0.4, -0.2) is 25.0 Å². The first-order valence-corrected chi connectivity index (χ1v) is 9.79. The van der Waals surface area contributed by atoms with Gasteiger partial charge < -0.3 is 4.74 Å². The third kappa shape index (κ3) is 5.28. The highest BCUT2D eigenvalue weighted by Crippen LogP contribution is 2.40. The Morgan fingerprint density at radius 1 is 1.12 bits per heavy atom. The number of rotatable bonds is 6.